The van der Waals surface area contributed by atoms with Gasteiger partial charge in [0, 0.05) is 60.4 Å². The molecule has 326 valence electrons. The fourth-order valence-corrected chi connectivity index (χ4v) is 10.2. The highest BCUT2D eigenvalue weighted by Crippen LogP contribution is 2.43. The number of hydrogen-bond acceptors (Lipinski definition) is 6. The molecule has 8 heteroatoms. The van der Waals surface area contributed by atoms with Crippen molar-refractivity contribution >= 4 is 65.2 Å². The maximum atomic E-state index is 5.52. The van der Waals surface area contributed by atoms with Crippen LogP contribution >= 0.6 is 0 Å². The Balaban J connectivity index is 1.05. The summed E-state index contributed by atoms with van der Waals surface area (Å²) in [4.78, 5) is 31.4. The summed E-state index contributed by atoms with van der Waals surface area (Å²) in [5, 5.41) is 8.94. The molecule has 0 N–H and O–H groups in total. The van der Waals surface area contributed by atoms with Crippen molar-refractivity contribution in [2.24, 2.45) is 0 Å². The van der Waals surface area contributed by atoms with E-state index < -0.39 is 0 Å². The van der Waals surface area contributed by atoms with Gasteiger partial charge in [0.25, 0.3) is 0 Å². The monoisotopic (exact) mass is 894 g/mol. The fourth-order valence-electron chi connectivity index (χ4n) is 10.2. The van der Waals surface area contributed by atoms with Crippen LogP contribution in [0.25, 0.3) is 134 Å². The SMILES string of the molecule is c1ccc(-c2nc(-c3ccccc3)nc(-c3cccc(-n4c5ccccc5c5ccc6c7ccccc7n(-c7nc(-c8ccccc8)nc(-c8cccc9ccc%10ccccc%10c89)n7)c6c54)c3)n2)cc1. The largest absolute Gasteiger partial charge is 0.307 e. The normalized spacial score (nSPS) is 11.7. The highest BCUT2D eigenvalue weighted by atomic mass is 15.2. The Kier molecular flexibility index (Phi) is 9.03. The van der Waals surface area contributed by atoms with Gasteiger partial charge in [-0.15, -0.1) is 0 Å². The smallest absolute Gasteiger partial charge is 0.238 e. The molecular formula is C62H38N8. The number of benzene rings is 10. The summed E-state index contributed by atoms with van der Waals surface area (Å²) in [5.41, 5.74) is 9.57. The first kappa shape index (κ1) is 39.5. The Morgan fingerprint density at radius 2 is 0.714 bits per heavy atom. The van der Waals surface area contributed by atoms with Gasteiger partial charge in [-0.2, -0.15) is 9.97 Å². The molecule has 4 heterocycles. The molecule has 0 radical (unpaired) electrons. The van der Waals surface area contributed by atoms with Gasteiger partial charge in [-0.3, -0.25) is 4.57 Å². The van der Waals surface area contributed by atoms with Crippen molar-refractivity contribution in [3.05, 3.63) is 231 Å². The summed E-state index contributed by atoms with van der Waals surface area (Å²) < 4.78 is 4.62. The van der Waals surface area contributed by atoms with Crippen molar-refractivity contribution in [3.8, 4) is 68.6 Å². The Bertz CT molecular complexity index is 4290. The van der Waals surface area contributed by atoms with Gasteiger partial charge in [0.2, 0.25) is 5.95 Å². The van der Waals surface area contributed by atoms with E-state index in [9.17, 15) is 0 Å². The lowest BCUT2D eigenvalue weighted by Crippen LogP contribution is -2.07. The lowest BCUT2D eigenvalue weighted by molar-refractivity contribution is 0.954. The quantitative estimate of drug-likeness (QED) is 0.148. The van der Waals surface area contributed by atoms with E-state index in [-0.39, 0.29) is 0 Å². The number of nitrogens with zero attached hydrogens (tertiary/aromatic N) is 8. The first-order valence-electron chi connectivity index (χ1n) is 23.4. The van der Waals surface area contributed by atoms with Crippen LogP contribution in [0.2, 0.25) is 0 Å². The van der Waals surface area contributed by atoms with Gasteiger partial charge in [-0.25, -0.2) is 19.9 Å². The third-order valence-electron chi connectivity index (χ3n) is 13.4. The molecule has 0 unspecified atom stereocenters. The van der Waals surface area contributed by atoms with E-state index in [0.717, 1.165) is 98.7 Å². The molecule has 8 nitrogen and oxygen atoms in total. The van der Waals surface area contributed by atoms with Crippen LogP contribution in [-0.4, -0.2) is 39.0 Å². The standard InChI is InChI=1S/C62H38N8/c1-4-19-41(20-5-1)57-63-58(42-21-6-2-7-22-42)65-60(64-57)44-26-16-27-45(38-44)69-52-32-14-12-29-47(52)49-36-37-50-48-30-13-15-33-53(48)70(56(50)55(49)69)62-67-59(43-23-8-3-9-24-43)66-61(68-62)51-31-17-25-40-35-34-39-18-10-11-28-46(39)54(40)51/h1-38H. The van der Waals surface area contributed by atoms with E-state index in [1.54, 1.807) is 0 Å². The number of aromatic nitrogens is 8. The van der Waals surface area contributed by atoms with Crippen LogP contribution in [0.4, 0.5) is 0 Å². The van der Waals surface area contributed by atoms with Crippen LogP contribution in [-0.2, 0) is 0 Å². The van der Waals surface area contributed by atoms with Crippen LogP contribution in [0.3, 0.4) is 0 Å². The molecule has 0 atom stereocenters. The molecule has 0 saturated heterocycles. The third-order valence-corrected chi connectivity index (χ3v) is 13.4. The minimum atomic E-state index is 0.525. The zero-order valence-electron chi connectivity index (χ0n) is 37.5. The second kappa shape index (κ2) is 16.0. The number of hydrogen-bond donors (Lipinski definition) is 0. The molecule has 0 bridgehead atoms. The van der Waals surface area contributed by atoms with Crippen molar-refractivity contribution in [2.45, 2.75) is 0 Å². The lowest BCUT2D eigenvalue weighted by Gasteiger charge is -2.15. The summed E-state index contributed by atoms with van der Waals surface area (Å²) in [6.45, 7) is 0. The summed E-state index contributed by atoms with van der Waals surface area (Å²) >= 11 is 0. The van der Waals surface area contributed by atoms with E-state index in [0.29, 0.717) is 35.1 Å². The first-order chi connectivity index (χ1) is 34.7. The molecule has 0 saturated carbocycles. The van der Waals surface area contributed by atoms with Crippen LogP contribution in [0, 0.1) is 0 Å². The Morgan fingerprint density at radius 1 is 0.271 bits per heavy atom. The summed E-state index contributed by atoms with van der Waals surface area (Å²) in [7, 11) is 0. The molecule has 0 amide bonds. The second-order valence-corrected chi connectivity index (χ2v) is 17.5. The van der Waals surface area contributed by atoms with E-state index in [4.69, 9.17) is 29.9 Å². The number of fused-ring (bicyclic) bond motifs is 10. The highest BCUT2D eigenvalue weighted by molar-refractivity contribution is 6.24. The molecule has 0 spiro atoms. The molecule has 0 aliphatic rings. The van der Waals surface area contributed by atoms with Crippen molar-refractivity contribution in [3.63, 3.8) is 0 Å². The van der Waals surface area contributed by atoms with E-state index in [2.05, 4.69) is 161 Å². The van der Waals surface area contributed by atoms with Gasteiger partial charge in [-0.05, 0) is 40.4 Å². The summed E-state index contributed by atoms with van der Waals surface area (Å²) in [6, 6.07) is 79.9. The van der Waals surface area contributed by atoms with Gasteiger partial charge in [-0.1, -0.05) is 206 Å². The van der Waals surface area contributed by atoms with Crippen LogP contribution in [0.5, 0.6) is 0 Å². The van der Waals surface area contributed by atoms with E-state index >= 15 is 0 Å². The maximum Gasteiger partial charge on any atom is 0.238 e. The molecular weight excluding hydrogens is 857 g/mol. The summed E-state index contributed by atoms with van der Waals surface area (Å²) in [6.07, 6.45) is 0. The molecule has 0 aliphatic carbocycles. The van der Waals surface area contributed by atoms with Gasteiger partial charge in [0.05, 0.1) is 22.1 Å². The van der Waals surface area contributed by atoms with Crippen molar-refractivity contribution < 1.29 is 0 Å². The lowest BCUT2D eigenvalue weighted by atomic mass is 9.97. The fraction of sp³-hybridized carbons (Fsp3) is 0. The van der Waals surface area contributed by atoms with Gasteiger partial charge in [0.15, 0.2) is 29.1 Å². The average molecular weight is 895 g/mol. The van der Waals surface area contributed by atoms with Gasteiger partial charge in [0.1, 0.15) is 0 Å². The third kappa shape index (κ3) is 6.38. The Labute approximate surface area is 401 Å². The van der Waals surface area contributed by atoms with Crippen molar-refractivity contribution in [2.75, 3.05) is 0 Å². The number of para-hydroxylation sites is 2. The first-order valence-corrected chi connectivity index (χ1v) is 23.4. The zero-order valence-corrected chi connectivity index (χ0v) is 37.5. The second-order valence-electron chi connectivity index (χ2n) is 17.5. The van der Waals surface area contributed by atoms with E-state index in [1.165, 1.54) is 0 Å². The van der Waals surface area contributed by atoms with Crippen LogP contribution in [0.1, 0.15) is 0 Å². The average Bonchev–Trinajstić information content (AvgIpc) is 3.96. The molecule has 0 aliphatic heterocycles. The van der Waals surface area contributed by atoms with Crippen molar-refractivity contribution in [1.29, 1.82) is 0 Å². The highest BCUT2D eigenvalue weighted by Gasteiger charge is 2.24. The molecule has 4 aromatic heterocycles. The molecule has 10 aromatic carbocycles. The minimum absolute atomic E-state index is 0.525. The van der Waals surface area contributed by atoms with Crippen LogP contribution < -0.4 is 0 Å². The predicted molar refractivity (Wildman–Crippen MR) is 284 cm³/mol. The molecule has 70 heavy (non-hydrogen) atoms. The topological polar surface area (TPSA) is 87.2 Å². The molecule has 0 fully saturated rings. The summed E-state index contributed by atoms with van der Waals surface area (Å²) in [5.74, 6) is 3.52. The van der Waals surface area contributed by atoms with Crippen LogP contribution in [0.15, 0.2) is 231 Å². The number of rotatable bonds is 7. The Morgan fingerprint density at radius 3 is 1.36 bits per heavy atom. The Hall–Kier alpha value is -9.66. The molecule has 14 aromatic rings. The van der Waals surface area contributed by atoms with Gasteiger partial charge < -0.3 is 4.57 Å². The van der Waals surface area contributed by atoms with E-state index in [1.807, 2.05) is 78.9 Å². The van der Waals surface area contributed by atoms with Gasteiger partial charge >= 0.3 is 0 Å². The maximum absolute atomic E-state index is 5.52. The molecule has 14 rings (SSSR count). The predicted octanol–water partition coefficient (Wildman–Crippen LogP) is 14.9. The minimum Gasteiger partial charge on any atom is -0.307 e. The zero-order chi connectivity index (χ0) is 46.1. The van der Waals surface area contributed by atoms with Crippen molar-refractivity contribution in [1.82, 2.24) is 39.0 Å².